The van der Waals surface area contributed by atoms with E-state index in [9.17, 15) is 9.59 Å². The van der Waals surface area contributed by atoms with Gasteiger partial charge >= 0.3 is 5.97 Å². The second-order valence-electron chi connectivity index (χ2n) is 2.72. The van der Waals surface area contributed by atoms with Crippen LogP contribution in [0.5, 0.6) is 0 Å². The Morgan fingerprint density at radius 2 is 2.20 bits per heavy atom. The fraction of sp³-hybridized carbons (Fsp3) is 0.222. The molecule has 80 valence electrons. The van der Waals surface area contributed by atoms with Gasteiger partial charge in [-0.25, -0.2) is 9.78 Å². The zero-order valence-electron chi connectivity index (χ0n) is 8.20. The van der Waals surface area contributed by atoms with E-state index in [1.807, 2.05) is 0 Å². The number of amides is 1. The fourth-order valence-corrected chi connectivity index (χ4v) is 1.31. The van der Waals surface area contributed by atoms with Crippen molar-refractivity contribution in [3.05, 3.63) is 22.4 Å². The highest BCUT2D eigenvalue weighted by atomic mass is 79.9. The van der Waals surface area contributed by atoms with Gasteiger partial charge in [-0.2, -0.15) is 0 Å². The Kier molecular flexibility index (Phi) is 3.79. The summed E-state index contributed by atoms with van der Waals surface area (Å²) in [4.78, 5) is 26.0. The van der Waals surface area contributed by atoms with Crippen molar-refractivity contribution < 1.29 is 14.3 Å². The van der Waals surface area contributed by atoms with Crippen molar-refractivity contribution in [2.24, 2.45) is 0 Å². The number of aromatic nitrogens is 1. The van der Waals surface area contributed by atoms with Crippen LogP contribution in [-0.2, 0) is 9.53 Å². The molecule has 1 amide bonds. The lowest BCUT2D eigenvalue weighted by atomic mass is 10.3. The van der Waals surface area contributed by atoms with E-state index in [0.717, 1.165) is 0 Å². The number of esters is 1. The molecule has 0 saturated carbocycles. The predicted octanol–water partition coefficient (Wildman–Crippen LogP) is 1.59. The fourth-order valence-electron chi connectivity index (χ4n) is 0.984. The van der Waals surface area contributed by atoms with Gasteiger partial charge in [0.05, 0.1) is 12.8 Å². The van der Waals surface area contributed by atoms with Crippen molar-refractivity contribution in [2.75, 3.05) is 12.4 Å². The summed E-state index contributed by atoms with van der Waals surface area (Å²) < 4.78 is 5.20. The van der Waals surface area contributed by atoms with Gasteiger partial charge in [-0.3, -0.25) is 4.79 Å². The molecule has 1 rings (SSSR count). The molecule has 6 heteroatoms. The Balaban J connectivity index is 3.13. The van der Waals surface area contributed by atoms with Crippen LogP contribution < -0.4 is 5.32 Å². The van der Waals surface area contributed by atoms with Crippen LogP contribution in [0, 0.1) is 0 Å². The van der Waals surface area contributed by atoms with Crippen LogP contribution >= 0.6 is 15.9 Å². The molecular formula is C9H9BrN2O3. The number of pyridine rings is 1. The second-order valence-corrected chi connectivity index (χ2v) is 3.64. The summed E-state index contributed by atoms with van der Waals surface area (Å²) in [5, 5.41) is 2.50. The van der Waals surface area contributed by atoms with Crippen LogP contribution in [0.3, 0.4) is 0 Å². The smallest absolute Gasteiger partial charge is 0.358 e. The van der Waals surface area contributed by atoms with Crippen LogP contribution in [-0.4, -0.2) is 24.0 Å². The molecule has 15 heavy (non-hydrogen) atoms. The van der Waals surface area contributed by atoms with Crippen LogP contribution in [0.4, 0.5) is 5.69 Å². The van der Waals surface area contributed by atoms with Gasteiger partial charge in [0.15, 0.2) is 5.69 Å². The molecule has 0 aliphatic carbocycles. The lowest BCUT2D eigenvalue weighted by Crippen LogP contribution is -2.13. The topological polar surface area (TPSA) is 68.3 Å². The highest BCUT2D eigenvalue weighted by molar-refractivity contribution is 9.10. The maximum atomic E-state index is 11.3. The van der Waals surface area contributed by atoms with Gasteiger partial charge in [-0.1, -0.05) is 0 Å². The number of rotatable bonds is 2. The van der Waals surface area contributed by atoms with E-state index in [2.05, 4.69) is 31.0 Å². The monoisotopic (exact) mass is 272 g/mol. The minimum atomic E-state index is -0.591. The number of hydrogen-bond acceptors (Lipinski definition) is 4. The average molecular weight is 273 g/mol. The molecule has 0 unspecified atom stereocenters. The number of carbonyl (C=O) groups excluding carboxylic acids is 2. The lowest BCUT2D eigenvalue weighted by molar-refractivity contribution is -0.114. The number of anilines is 1. The third kappa shape index (κ3) is 3.02. The highest BCUT2D eigenvalue weighted by Gasteiger charge is 2.14. The molecule has 1 N–H and O–H groups in total. The summed E-state index contributed by atoms with van der Waals surface area (Å²) in [5.74, 6) is -0.869. The first kappa shape index (κ1) is 11.6. The molecule has 0 radical (unpaired) electrons. The van der Waals surface area contributed by atoms with Gasteiger partial charge in [-0.15, -0.1) is 0 Å². The molecule has 0 saturated heterocycles. The van der Waals surface area contributed by atoms with Crippen molar-refractivity contribution >= 4 is 33.5 Å². The normalized spacial score (nSPS) is 9.53. The number of hydrogen-bond donors (Lipinski definition) is 1. The molecule has 5 nitrogen and oxygen atoms in total. The number of methoxy groups -OCH3 is 1. The molecule has 0 atom stereocenters. The Morgan fingerprint density at radius 3 is 2.73 bits per heavy atom. The molecule has 0 aliphatic rings. The summed E-state index contributed by atoms with van der Waals surface area (Å²) in [6, 6.07) is 1.58. The van der Waals surface area contributed by atoms with Crippen LogP contribution in [0.25, 0.3) is 0 Å². The zero-order valence-corrected chi connectivity index (χ0v) is 9.79. The number of halogens is 1. The molecule has 1 aromatic rings. The third-order valence-electron chi connectivity index (χ3n) is 1.54. The molecule has 0 bridgehead atoms. The molecular weight excluding hydrogens is 264 g/mol. The van der Waals surface area contributed by atoms with Crippen LogP contribution in [0.1, 0.15) is 17.4 Å². The largest absolute Gasteiger partial charge is 0.464 e. The van der Waals surface area contributed by atoms with E-state index in [1.165, 1.54) is 20.2 Å². The molecule has 0 fully saturated rings. The number of ether oxygens (including phenoxy) is 1. The van der Waals surface area contributed by atoms with Crippen LogP contribution in [0.15, 0.2) is 16.7 Å². The first-order valence-electron chi connectivity index (χ1n) is 4.06. The van der Waals surface area contributed by atoms with E-state index < -0.39 is 5.97 Å². The van der Waals surface area contributed by atoms with Gasteiger partial charge in [0, 0.05) is 17.6 Å². The Bertz CT molecular complexity index is 406. The summed E-state index contributed by atoms with van der Waals surface area (Å²) in [6.07, 6.45) is 1.46. The average Bonchev–Trinajstić information content (AvgIpc) is 2.16. The van der Waals surface area contributed by atoms with Gasteiger partial charge in [0.1, 0.15) is 0 Å². The summed E-state index contributed by atoms with van der Waals surface area (Å²) >= 11 is 3.19. The maximum Gasteiger partial charge on any atom is 0.358 e. The van der Waals surface area contributed by atoms with E-state index in [4.69, 9.17) is 0 Å². The van der Waals surface area contributed by atoms with E-state index in [0.29, 0.717) is 10.2 Å². The molecule has 1 heterocycles. The summed E-state index contributed by atoms with van der Waals surface area (Å²) in [7, 11) is 1.25. The molecule has 1 aromatic heterocycles. The molecule has 0 aliphatic heterocycles. The van der Waals surface area contributed by atoms with Gasteiger partial charge < -0.3 is 10.1 Å². The third-order valence-corrected chi connectivity index (χ3v) is 1.98. The van der Waals surface area contributed by atoms with Crippen molar-refractivity contribution in [3.63, 3.8) is 0 Å². The second kappa shape index (κ2) is 4.88. The van der Waals surface area contributed by atoms with Gasteiger partial charge in [-0.05, 0) is 22.0 Å². The Morgan fingerprint density at radius 1 is 1.53 bits per heavy atom. The Hall–Kier alpha value is -1.43. The van der Waals surface area contributed by atoms with E-state index in [-0.39, 0.29) is 11.6 Å². The maximum absolute atomic E-state index is 11.3. The van der Waals surface area contributed by atoms with Crippen molar-refractivity contribution in [1.29, 1.82) is 0 Å². The standard InChI is InChI=1S/C9H9BrN2O3/c1-5(13)12-7-3-6(10)4-11-8(7)9(14)15-2/h3-4H,1-2H3,(H,12,13). The van der Waals surface area contributed by atoms with E-state index in [1.54, 1.807) is 6.07 Å². The first-order chi connectivity index (χ1) is 7.04. The quantitative estimate of drug-likeness (QED) is 0.831. The molecule has 0 aromatic carbocycles. The number of nitrogens with zero attached hydrogens (tertiary/aromatic N) is 1. The van der Waals surface area contributed by atoms with Gasteiger partial charge in [0.25, 0.3) is 0 Å². The SMILES string of the molecule is COC(=O)c1ncc(Br)cc1NC(C)=O. The Labute approximate surface area is 95.0 Å². The first-order valence-corrected chi connectivity index (χ1v) is 4.85. The summed E-state index contributed by atoms with van der Waals surface area (Å²) in [5.41, 5.74) is 0.402. The zero-order chi connectivity index (χ0) is 11.4. The lowest BCUT2D eigenvalue weighted by Gasteiger charge is -2.07. The predicted molar refractivity (Wildman–Crippen MR) is 57.6 cm³/mol. The molecule has 0 spiro atoms. The minimum Gasteiger partial charge on any atom is -0.464 e. The van der Waals surface area contributed by atoms with Gasteiger partial charge in [0.2, 0.25) is 5.91 Å². The summed E-state index contributed by atoms with van der Waals surface area (Å²) in [6.45, 7) is 1.35. The number of carbonyl (C=O) groups is 2. The number of nitrogens with one attached hydrogen (secondary N) is 1. The van der Waals surface area contributed by atoms with Crippen molar-refractivity contribution in [1.82, 2.24) is 4.98 Å². The highest BCUT2D eigenvalue weighted by Crippen LogP contribution is 2.19. The van der Waals surface area contributed by atoms with E-state index >= 15 is 0 Å². The van der Waals surface area contributed by atoms with Crippen LogP contribution in [0.2, 0.25) is 0 Å². The van der Waals surface area contributed by atoms with Crippen molar-refractivity contribution in [3.8, 4) is 0 Å². The minimum absolute atomic E-state index is 0.0795. The van der Waals surface area contributed by atoms with Crippen molar-refractivity contribution in [2.45, 2.75) is 6.92 Å².